The summed E-state index contributed by atoms with van der Waals surface area (Å²) in [5.41, 5.74) is 1.50. The molecule has 2 rings (SSSR count). The maximum atomic E-state index is 11.7. The second kappa shape index (κ2) is 7.77. The van der Waals surface area contributed by atoms with E-state index in [2.05, 4.69) is 15.5 Å². The number of nitrogens with zero attached hydrogens (tertiary/aromatic N) is 2. The predicted molar refractivity (Wildman–Crippen MR) is 87.9 cm³/mol. The third-order valence-corrected chi connectivity index (χ3v) is 2.98. The van der Waals surface area contributed by atoms with Crippen LogP contribution in [0.15, 0.2) is 58.8 Å². The molecular weight excluding hydrogens is 310 g/mol. The van der Waals surface area contributed by atoms with Gasteiger partial charge in [0.2, 0.25) is 5.91 Å². The molecule has 0 radical (unpaired) electrons. The van der Waals surface area contributed by atoms with Crippen LogP contribution in [0.2, 0.25) is 0 Å². The number of azo groups is 1. The van der Waals surface area contributed by atoms with E-state index in [1.54, 1.807) is 24.3 Å². The zero-order valence-corrected chi connectivity index (χ0v) is 12.9. The Morgan fingerprint density at radius 2 is 1.67 bits per heavy atom. The molecule has 0 atom stereocenters. The quantitative estimate of drug-likeness (QED) is 0.623. The second-order valence-corrected chi connectivity index (χ2v) is 5.00. The Hall–Kier alpha value is -3.35. The number of nitrogens with one attached hydrogen (secondary N) is 1. The van der Waals surface area contributed by atoms with E-state index in [1.807, 2.05) is 0 Å². The lowest BCUT2D eigenvalue weighted by molar-refractivity contribution is -0.124. The maximum absolute atomic E-state index is 11.7. The number of rotatable bonds is 6. The second-order valence-electron chi connectivity index (χ2n) is 5.00. The number of hydrogen-bond donors (Lipinski definition) is 2. The summed E-state index contributed by atoms with van der Waals surface area (Å²) < 4.78 is 0. The zero-order chi connectivity index (χ0) is 17.5. The molecule has 0 aliphatic heterocycles. The summed E-state index contributed by atoms with van der Waals surface area (Å²) in [4.78, 5) is 33.5. The largest absolute Gasteiger partial charge is 0.478 e. The third-order valence-electron chi connectivity index (χ3n) is 2.98. The van der Waals surface area contributed by atoms with Crippen molar-refractivity contribution in [3.8, 4) is 0 Å². The van der Waals surface area contributed by atoms with Crippen molar-refractivity contribution in [3.05, 3.63) is 54.1 Å². The van der Waals surface area contributed by atoms with Crippen molar-refractivity contribution in [2.45, 2.75) is 13.3 Å². The molecule has 1 amide bonds. The standard InChI is InChI=1S/C17H15N3O4/c1-11(21)10-16(22)18-14-4-2-3-5-15(14)20-19-13-8-6-12(7-9-13)17(23)24/h2-9H,10H2,1H3,(H,18,22)(H,23,24). The lowest BCUT2D eigenvalue weighted by Crippen LogP contribution is -2.14. The van der Waals surface area contributed by atoms with E-state index in [9.17, 15) is 14.4 Å². The van der Waals surface area contributed by atoms with Crippen molar-refractivity contribution in [2.24, 2.45) is 10.2 Å². The minimum atomic E-state index is -1.02. The molecular formula is C17H15N3O4. The molecule has 122 valence electrons. The number of benzene rings is 2. The molecule has 2 aromatic carbocycles. The average Bonchev–Trinajstić information content (AvgIpc) is 2.53. The zero-order valence-electron chi connectivity index (χ0n) is 12.9. The normalized spacial score (nSPS) is 10.5. The van der Waals surface area contributed by atoms with E-state index in [4.69, 9.17) is 5.11 Å². The number of amides is 1. The Bertz CT molecular complexity index is 798. The Morgan fingerprint density at radius 3 is 2.29 bits per heavy atom. The van der Waals surface area contributed by atoms with Gasteiger partial charge in [0.15, 0.2) is 0 Å². The van der Waals surface area contributed by atoms with Gasteiger partial charge in [0.25, 0.3) is 0 Å². The lowest BCUT2D eigenvalue weighted by Gasteiger charge is -2.06. The van der Waals surface area contributed by atoms with Crippen LogP contribution in [0, 0.1) is 0 Å². The minimum Gasteiger partial charge on any atom is -0.478 e. The molecule has 0 unspecified atom stereocenters. The molecule has 0 spiro atoms. The number of aromatic carboxylic acids is 1. The number of Topliss-reactive ketones (excluding diaryl/α,β-unsaturated/α-hetero) is 1. The number of anilines is 1. The van der Waals surface area contributed by atoms with Crippen LogP contribution in [-0.2, 0) is 9.59 Å². The molecule has 24 heavy (non-hydrogen) atoms. The lowest BCUT2D eigenvalue weighted by atomic mass is 10.2. The molecule has 0 aliphatic carbocycles. The van der Waals surface area contributed by atoms with E-state index < -0.39 is 11.9 Å². The topological polar surface area (TPSA) is 108 Å². The summed E-state index contributed by atoms with van der Waals surface area (Å²) in [7, 11) is 0. The van der Waals surface area contributed by atoms with Gasteiger partial charge in [0.05, 0.1) is 23.4 Å². The minimum absolute atomic E-state index is 0.158. The Labute approximate surface area is 138 Å². The van der Waals surface area contributed by atoms with E-state index in [0.717, 1.165) is 0 Å². The van der Waals surface area contributed by atoms with Crippen molar-refractivity contribution >= 4 is 34.7 Å². The molecule has 7 nitrogen and oxygen atoms in total. The fourth-order valence-electron chi connectivity index (χ4n) is 1.87. The summed E-state index contributed by atoms with van der Waals surface area (Å²) in [6, 6.07) is 12.7. The highest BCUT2D eigenvalue weighted by Gasteiger charge is 2.08. The van der Waals surface area contributed by atoms with Gasteiger partial charge < -0.3 is 10.4 Å². The van der Waals surface area contributed by atoms with Crippen LogP contribution in [0.1, 0.15) is 23.7 Å². The maximum Gasteiger partial charge on any atom is 0.335 e. The first kappa shape index (κ1) is 17.0. The molecule has 0 fully saturated rings. The van der Waals surface area contributed by atoms with Crippen LogP contribution in [0.5, 0.6) is 0 Å². The highest BCUT2D eigenvalue weighted by molar-refractivity contribution is 6.04. The van der Waals surface area contributed by atoms with E-state index in [0.29, 0.717) is 17.1 Å². The molecule has 0 aliphatic rings. The van der Waals surface area contributed by atoms with Crippen molar-refractivity contribution in [1.29, 1.82) is 0 Å². The fourth-order valence-corrected chi connectivity index (χ4v) is 1.87. The van der Waals surface area contributed by atoms with Gasteiger partial charge in [-0.05, 0) is 43.3 Å². The Morgan fingerprint density at radius 1 is 1.00 bits per heavy atom. The Kier molecular flexibility index (Phi) is 5.51. The van der Waals surface area contributed by atoms with Gasteiger partial charge in [-0.3, -0.25) is 9.59 Å². The van der Waals surface area contributed by atoms with Gasteiger partial charge in [-0.1, -0.05) is 12.1 Å². The molecule has 2 N–H and O–H groups in total. The molecule has 0 heterocycles. The van der Waals surface area contributed by atoms with Gasteiger partial charge in [-0.25, -0.2) is 4.79 Å². The summed E-state index contributed by atoms with van der Waals surface area (Å²) >= 11 is 0. The van der Waals surface area contributed by atoms with E-state index >= 15 is 0 Å². The monoisotopic (exact) mass is 325 g/mol. The molecule has 0 aromatic heterocycles. The number of carbonyl (C=O) groups excluding carboxylic acids is 2. The molecule has 0 bridgehead atoms. The summed E-state index contributed by atoms with van der Waals surface area (Å²) in [5, 5.41) is 19.5. The smallest absolute Gasteiger partial charge is 0.335 e. The summed E-state index contributed by atoms with van der Waals surface area (Å²) in [6.45, 7) is 1.34. The summed E-state index contributed by atoms with van der Waals surface area (Å²) in [6.07, 6.45) is -0.206. The summed E-state index contributed by atoms with van der Waals surface area (Å²) in [5.74, 6) is -1.67. The van der Waals surface area contributed by atoms with Gasteiger partial charge in [0.1, 0.15) is 11.5 Å². The van der Waals surface area contributed by atoms with Crippen LogP contribution in [0.25, 0.3) is 0 Å². The van der Waals surface area contributed by atoms with Crippen molar-refractivity contribution < 1.29 is 19.5 Å². The van der Waals surface area contributed by atoms with Crippen LogP contribution >= 0.6 is 0 Å². The fraction of sp³-hybridized carbons (Fsp3) is 0.118. The predicted octanol–water partition coefficient (Wildman–Crippen LogP) is 3.72. The number of ketones is 1. The van der Waals surface area contributed by atoms with Crippen LogP contribution in [-0.4, -0.2) is 22.8 Å². The van der Waals surface area contributed by atoms with Crippen molar-refractivity contribution in [2.75, 3.05) is 5.32 Å². The van der Waals surface area contributed by atoms with Crippen molar-refractivity contribution in [3.63, 3.8) is 0 Å². The van der Waals surface area contributed by atoms with E-state index in [1.165, 1.54) is 31.2 Å². The number of hydrogen-bond acceptors (Lipinski definition) is 5. The van der Waals surface area contributed by atoms with Crippen LogP contribution in [0.4, 0.5) is 17.1 Å². The van der Waals surface area contributed by atoms with Crippen LogP contribution < -0.4 is 5.32 Å². The first-order valence-corrected chi connectivity index (χ1v) is 7.09. The molecule has 0 saturated heterocycles. The van der Waals surface area contributed by atoms with Crippen LogP contribution in [0.3, 0.4) is 0 Å². The SMILES string of the molecule is CC(=O)CC(=O)Nc1ccccc1N=Nc1ccc(C(=O)O)cc1. The number of carboxylic acid groups (broad SMARTS) is 1. The highest BCUT2D eigenvalue weighted by atomic mass is 16.4. The van der Waals surface area contributed by atoms with E-state index in [-0.39, 0.29) is 17.8 Å². The average molecular weight is 325 g/mol. The molecule has 2 aromatic rings. The van der Waals surface area contributed by atoms with Gasteiger partial charge >= 0.3 is 5.97 Å². The Balaban J connectivity index is 2.15. The molecule has 0 saturated carbocycles. The number of carbonyl (C=O) groups is 3. The van der Waals surface area contributed by atoms with Gasteiger partial charge in [-0.15, -0.1) is 5.11 Å². The first-order chi connectivity index (χ1) is 11.5. The molecule has 7 heteroatoms. The van der Waals surface area contributed by atoms with Gasteiger partial charge in [-0.2, -0.15) is 5.11 Å². The number of para-hydroxylation sites is 1. The first-order valence-electron chi connectivity index (χ1n) is 7.09. The van der Waals surface area contributed by atoms with Crippen molar-refractivity contribution in [1.82, 2.24) is 0 Å². The third kappa shape index (κ3) is 4.84. The highest BCUT2D eigenvalue weighted by Crippen LogP contribution is 2.26. The number of carboxylic acids is 1. The van der Waals surface area contributed by atoms with Gasteiger partial charge in [0, 0.05) is 0 Å².